The summed E-state index contributed by atoms with van der Waals surface area (Å²) in [6.45, 7) is 1.88. The molecule has 0 N–H and O–H groups in total. The predicted molar refractivity (Wildman–Crippen MR) is 102 cm³/mol. The zero-order chi connectivity index (χ0) is 18.5. The molecule has 2 aromatic heterocycles. The molecule has 1 aliphatic rings. The second kappa shape index (κ2) is 8.51. The number of aromatic nitrogens is 1. The molecule has 2 aromatic rings. The highest BCUT2D eigenvalue weighted by molar-refractivity contribution is 7.16. The van der Waals surface area contributed by atoms with E-state index in [4.69, 9.17) is 16.3 Å². The minimum absolute atomic E-state index is 0.269. The van der Waals surface area contributed by atoms with Crippen LogP contribution in [0.25, 0.3) is 0 Å². The van der Waals surface area contributed by atoms with Crippen LogP contribution in [0.3, 0.4) is 0 Å². The van der Waals surface area contributed by atoms with Gasteiger partial charge in [0.2, 0.25) is 0 Å². The maximum atomic E-state index is 12.4. The van der Waals surface area contributed by atoms with E-state index in [0.29, 0.717) is 22.3 Å². The Morgan fingerprint density at radius 2 is 2.08 bits per heavy atom. The fourth-order valence-corrected chi connectivity index (χ4v) is 3.95. The molecule has 1 amide bonds. The number of halogens is 1. The SMILES string of the molecule is CN(Cc1ccc(Cl)s1)C(=O)COC(=O)c1cccnc1N1CCCC1. The van der Waals surface area contributed by atoms with Gasteiger partial charge < -0.3 is 14.5 Å². The molecule has 26 heavy (non-hydrogen) atoms. The van der Waals surface area contributed by atoms with Crippen molar-refractivity contribution >= 4 is 40.6 Å². The number of ether oxygens (including phenoxy) is 1. The molecule has 0 atom stereocenters. The van der Waals surface area contributed by atoms with Crippen LogP contribution in [0, 0.1) is 0 Å². The molecular formula is C18H20ClN3O3S. The van der Waals surface area contributed by atoms with E-state index in [-0.39, 0.29) is 12.5 Å². The number of carbonyl (C=O) groups excluding carboxylic acids is 2. The Kier molecular flexibility index (Phi) is 6.11. The van der Waals surface area contributed by atoms with Gasteiger partial charge in [0.15, 0.2) is 6.61 Å². The summed E-state index contributed by atoms with van der Waals surface area (Å²) in [6, 6.07) is 7.05. The lowest BCUT2D eigenvalue weighted by Crippen LogP contribution is -2.31. The van der Waals surface area contributed by atoms with Gasteiger partial charge in [0.1, 0.15) is 11.4 Å². The number of pyridine rings is 1. The summed E-state index contributed by atoms with van der Waals surface area (Å²) in [5.41, 5.74) is 0.398. The maximum absolute atomic E-state index is 12.4. The van der Waals surface area contributed by atoms with Gasteiger partial charge in [-0.3, -0.25) is 4.79 Å². The topological polar surface area (TPSA) is 62.7 Å². The van der Waals surface area contributed by atoms with Crippen LogP contribution in [-0.2, 0) is 16.1 Å². The third kappa shape index (κ3) is 4.53. The lowest BCUT2D eigenvalue weighted by molar-refractivity contribution is -0.133. The average molecular weight is 394 g/mol. The summed E-state index contributed by atoms with van der Waals surface area (Å²) in [6.07, 6.45) is 3.83. The smallest absolute Gasteiger partial charge is 0.342 e. The van der Waals surface area contributed by atoms with Crippen molar-refractivity contribution in [1.29, 1.82) is 0 Å². The van der Waals surface area contributed by atoms with Crippen molar-refractivity contribution in [3.8, 4) is 0 Å². The van der Waals surface area contributed by atoms with Crippen LogP contribution in [0.4, 0.5) is 5.82 Å². The monoisotopic (exact) mass is 393 g/mol. The molecule has 0 saturated carbocycles. The molecule has 0 unspecified atom stereocenters. The van der Waals surface area contributed by atoms with E-state index >= 15 is 0 Å². The molecule has 3 rings (SSSR count). The molecule has 1 fully saturated rings. The van der Waals surface area contributed by atoms with Crippen LogP contribution in [0.15, 0.2) is 30.5 Å². The van der Waals surface area contributed by atoms with Crippen LogP contribution in [0.5, 0.6) is 0 Å². The maximum Gasteiger partial charge on any atom is 0.342 e. The van der Waals surface area contributed by atoms with Crippen molar-refractivity contribution in [2.24, 2.45) is 0 Å². The van der Waals surface area contributed by atoms with Crippen LogP contribution >= 0.6 is 22.9 Å². The molecule has 3 heterocycles. The van der Waals surface area contributed by atoms with E-state index in [1.54, 1.807) is 31.4 Å². The average Bonchev–Trinajstić information content (AvgIpc) is 3.31. The van der Waals surface area contributed by atoms with E-state index in [9.17, 15) is 9.59 Å². The summed E-state index contributed by atoms with van der Waals surface area (Å²) in [5, 5.41) is 0. The molecule has 0 aromatic carbocycles. The highest BCUT2D eigenvalue weighted by Crippen LogP contribution is 2.23. The zero-order valence-electron chi connectivity index (χ0n) is 14.5. The van der Waals surface area contributed by atoms with E-state index in [1.807, 2.05) is 6.07 Å². The van der Waals surface area contributed by atoms with Crippen LogP contribution in [0.1, 0.15) is 28.1 Å². The molecule has 8 heteroatoms. The van der Waals surface area contributed by atoms with Crippen LogP contribution < -0.4 is 4.90 Å². The molecule has 0 aliphatic carbocycles. The largest absolute Gasteiger partial charge is 0.452 e. The molecular weight excluding hydrogens is 374 g/mol. The van der Waals surface area contributed by atoms with E-state index in [1.165, 1.54) is 16.2 Å². The van der Waals surface area contributed by atoms with Gasteiger partial charge in [-0.25, -0.2) is 9.78 Å². The first-order valence-corrected chi connectivity index (χ1v) is 9.59. The number of rotatable bonds is 6. The van der Waals surface area contributed by atoms with Gasteiger partial charge in [-0.15, -0.1) is 11.3 Å². The number of hydrogen-bond acceptors (Lipinski definition) is 6. The lowest BCUT2D eigenvalue weighted by atomic mass is 10.2. The van der Waals surface area contributed by atoms with Gasteiger partial charge in [-0.05, 0) is 37.1 Å². The Morgan fingerprint density at radius 1 is 1.31 bits per heavy atom. The normalized spacial score (nSPS) is 13.7. The number of anilines is 1. The van der Waals surface area contributed by atoms with Gasteiger partial charge in [0, 0.05) is 31.2 Å². The Bertz CT molecular complexity index is 789. The number of esters is 1. The van der Waals surface area contributed by atoms with Crippen molar-refractivity contribution in [3.63, 3.8) is 0 Å². The zero-order valence-corrected chi connectivity index (χ0v) is 16.1. The van der Waals surface area contributed by atoms with Gasteiger partial charge >= 0.3 is 5.97 Å². The second-order valence-electron chi connectivity index (χ2n) is 6.10. The van der Waals surface area contributed by atoms with E-state index < -0.39 is 5.97 Å². The fourth-order valence-electron chi connectivity index (χ4n) is 2.81. The number of hydrogen-bond donors (Lipinski definition) is 0. The molecule has 138 valence electrons. The minimum atomic E-state index is -0.527. The van der Waals surface area contributed by atoms with Crippen LogP contribution in [0.2, 0.25) is 4.34 Å². The van der Waals surface area contributed by atoms with Gasteiger partial charge in [0.25, 0.3) is 5.91 Å². The minimum Gasteiger partial charge on any atom is -0.452 e. The van der Waals surface area contributed by atoms with Crippen molar-refractivity contribution < 1.29 is 14.3 Å². The molecule has 0 radical (unpaired) electrons. The number of carbonyl (C=O) groups is 2. The van der Waals surface area contributed by atoms with Gasteiger partial charge in [-0.2, -0.15) is 0 Å². The summed E-state index contributed by atoms with van der Waals surface area (Å²) in [5.74, 6) is -0.167. The summed E-state index contributed by atoms with van der Waals surface area (Å²) >= 11 is 7.32. The summed E-state index contributed by atoms with van der Waals surface area (Å²) < 4.78 is 5.91. The predicted octanol–water partition coefficient (Wildman–Crippen LogP) is 3.21. The number of thiophene rings is 1. The Hall–Kier alpha value is -2.12. The van der Waals surface area contributed by atoms with Crippen molar-refractivity contribution in [2.75, 3.05) is 31.6 Å². The molecule has 1 aliphatic heterocycles. The lowest BCUT2D eigenvalue weighted by Gasteiger charge is -2.19. The molecule has 0 spiro atoms. The van der Waals surface area contributed by atoms with E-state index in [2.05, 4.69) is 9.88 Å². The fraction of sp³-hybridized carbons (Fsp3) is 0.389. The summed E-state index contributed by atoms with van der Waals surface area (Å²) in [7, 11) is 1.67. The van der Waals surface area contributed by atoms with Gasteiger partial charge in [-0.1, -0.05) is 11.6 Å². The van der Waals surface area contributed by atoms with Crippen molar-refractivity contribution in [1.82, 2.24) is 9.88 Å². The number of amides is 1. The quantitative estimate of drug-likeness (QED) is 0.705. The Labute approximate surface area is 161 Å². The molecule has 0 bridgehead atoms. The van der Waals surface area contributed by atoms with Crippen molar-refractivity contribution in [3.05, 3.63) is 45.2 Å². The van der Waals surface area contributed by atoms with Gasteiger partial charge in [0.05, 0.1) is 10.9 Å². The van der Waals surface area contributed by atoms with E-state index in [0.717, 1.165) is 30.8 Å². The van der Waals surface area contributed by atoms with Crippen molar-refractivity contribution in [2.45, 2.75) is 19.4 Å². The highest BCUT2D eigenvalue weighted by Gasteiger charge is 2.22. The number of nitrogens with zero attached hydrogens (tertiary/aromatic N) is 3. The standard InChI is InChI=1S/C18H20ClN3O3S/c1-21(11-13-6-7-15(19)26-13)16(23)12-25-18(24)14-5-4-8-20-17(14)22-9-2-3-10-22/h4-8H,2-3,9-12H2,1H3. The third-order valence-electron chi connectivity index (χ3n) is 4.19. The Morgan fingerprint density at radius 3 is 2.77 bits per heavy atom. The molecule has 1 saturated heterocycles. The van der Waals surface area contributed by atoms with Crippen LogP contribution in [-0.4, -0.2) is 48.5 Å². The first-order chi connectivity index (χ1) is 12.5. The highest BCUT2D eigenvalue weighted by atomic mass is 35.5. The first kappa shape index (κ1) is 18.7. The summed E-state index contributed by atoms with van der Waals surface area (Å²) in [4.78, 5) is 33.5. The second-order valence-corrected chi connectivity index (χ2v) is 7.90. The third-order valence-corrected chi connectivity index (χ3v) is 5.40. The number of likely N-dealkylation sites (N-methyl/N-ethyl adjacent to an activating group) is 1. The first-order valence-electron chi connectivity index (χ1n) is 8.40. The Balaban J connectivity index is 1.57. The molecule has 6 nitrogen and oxygen atoms in total.